The first-order valence-corrected chi connectivity index (χ1v) is 9.09. The molecule has 1 aliphatic heterocycles. The quantitative estimate of drug-likeness (QED) is 0.821. The predicted octanol–water partition coefficient (Wildman–Crippen LogP) is 2.17. The molecule has 4 bridgehead atoms. The Morgan fingerprint density at radius 2 is 1.95 bits per heavy atom. The molecule has 5 rings (SSSR count). The Labute approximate surface area is 130 Å². The molecule has 4 aliphatic carbocycles. The molecule has 0 aromatic carbocycles. The zero-order chi connectivity index (χ0) is 14.8. The van der Waals surface area contributed by atoms with Gasteiger partial charge in [-0.3, -0.25) is 4.79 Å². The zero-order valence-electron chi connectivity index (χ0n) is 12.7. The molecule has 0 radical (unpaired) electrons. The second kappa shape index (κ2) is 4.72. The van der Waals surface area contributed by atoms with E-state index in [0.29, 0.717) is 29.7 Å². The molecule has 4 fully saturated rings. The highest BCUT2D eigenvalue weighted by Gasteiger charge is 2.55. The van der Waals surface area contributed by atoms with E-state index >= 15 is 0 Å². The van der Waals surface area contributed by atoms with Crippen LogP contribution in [0.2, 0.25) is 0 Å². The van der Waals surface area contributed by atoms with Crippen LogP contribution in [0.5, 0.6) is 0 Å². The number of amidine groups is 1. The van der Waals surface area contributed by atoms with Gasteiger partial charge in [-0.2, -0.15) is 4.99 Å². The minimum atomic E-state index is -0.393. The van der Waals surface area contributed by atoms with Gasteiger partial charge in [0.15, 0.2) is 5.17 Å². The molecule has 4 nitrogen and oxygen atoms in total. The molecule has 21 heavy (non-hydrogen) atoms. The molecular weight excluding hydrogens is 284 g/mol. The number of carbonyl (C=O) groups is 1. The van der Waals surface area contributed by atoms with E-state index in [1.807, 2.05) is 0 Å². The van der Waals surface area contributed by atoms with Gasteiger partial charge in [-0.15, -0.1) is 0 Å². The molecule has 0 aromatic heterocycles. The highest BCUT2D eigenvalue weighted by molar-refractivity contribution is 8.15. The SMILES string of the molecule is CC(C)C1SC(N[C@H]2C3CC4CC2C[C@](O)(C4)C3)=NC1=O. The second-order valence-electron chi connectivity index (χ2n) is 7.90. The van der Waals surface area contributed by atoms with E-state index in [0.717, 1.165) is 24.4 Å². The van der Waals surface area contributed by atoms with Gasteiger partial charge in [-0.1, -0.05) is 25.6 Å². The predicted molar refractivity (Wildman–Crippen MR) is 84.1 cm³/mol. The van der Waals surface area contributed by atoms with Crippen molar-refractivity contribution in [2.24, 2.45) is 28.7 Å². The summed E-state index contributed by atoms with van der Waals surface area (Å²) in [5.74, 6) is 2.16. The van der Waals surface area contributed by atoms with Crippen LogP contribution in [0.15, 0.2) is 4.99 Å². The highest BCUT2D eigenvalue weighted by atomic mass is 32.2. The Morgan fingerprint density at radius 3 is 2.48 bits per heavy atom. The number of hydrogen-bond acceptors (Lipinski definition) is 4. The van der Waals surface area contributed by atoms with E-state index < -0.39 is 5.60 Å². The summed E-state index contributed by atoms with van der Waals surface area (Å²) in [7, 11) is 0. The number of aliphatic hydroxyl groups is 1. The van der Waals surface area contributed by atoms with Crippen LogP contribution in [0.1, 0.15) is 46.0 Å². The van der Waals surface area contributed by atoms with E-state index in [9.17, 15) is 9.90 Å². The van der Waals surface area contributed by atoms with Crippen LogP contribution >= 0.6 is 11.8 Å². The molecule has 2 N–H and O–H groups in total. The lowest BCUT2D eigenvalue weighted by Crippen LogP contribution is -2.61. The molecule has 0 saturated heterocycles. The van der Waals surface area contributed by atoms with Crippen LogP contribution in [0, 0.1) is 23.7 Å². The number of amides is 1. The van der Waals surface area contributed by atoms with Crippen molar-refractivity contribution < 1.29 is 9.90 Å². The van der Waals surface area contributed by atoms with Gasteiger partial charge in [0.1, 0.15) is 0 Å². The molecule has 3 atom stereocenters. The van der Waals surface area contributed by atoms with Crippen LogP contribution in [0.3, 0.4) is 0 Å². The lowest BCUT2D eigenvalue weighted by atomic mass is 9.52. The first kappa shape index (κ1) is 14.1. The molecule has 3 unspecified atom stereocenters. The molecule has 5 heteroatoms. The Hall–Kier alpha value is -0.550. The Balaban J connectivity index is 1.47. The normalized spacial score (nSPS) is 48.1. The summed E-state index contributed by atoms with van der Waals surface area (Å²) in [6.45, 7) is 4.15. The number of nitrogens with zero attached hydrogens (tertiary/aromatic N) is 1. The van der Waals surface area contributed by atoms with Crippen molar-refractivity contribution in [1.82, 2.24) is 5.32 Å². The fraction of sp³-hybridized carbons (Fsp3) is 0.875. The van der Waals surface area contributed by atoms with E-state index in [1.165, 1.54) is 12.8 Å². The number of hydrogen-bond donors (Lipinski definition) is 2. The minimum Gasteiger partial charge on any atom is -0.390 e. The van der Waals surface area contributed by atoms with Gasteiger partial charge in [0.2, 0.25) is 0 Å². The third-order valence-electron chi connectivity index (χ3n) is 5.83. The summed E-state index contributed by atoms with van der Waals surface area (Å²) in [6, 6.07) is 0.409. The number of aliphatic imine (C=N–C) groups is 1. The third kappa shape index (κ3) is 2.33. The molecule has 4 saturated carbocycles. The lowest BCUT2D eigenvalue weighted by Gasteiger charge is -2.58. The van der Waals surface area contributed by atoms with Crippen LogP contribution in [-0.2, 0) is 4.79 Å². The molecule has 0 aromatic rings. The average molecular weight is 308 g/mol. The first-order chi connectivity index (χ1) is 9.93. The summed E-state index contributed by atoms with van der Waals surface area (Å²) < 4.78 is 0. The van der Waals surface area contributed by atoms with Gasteiger partial charge >= 0.3 is 0 Å². The zero-order valence-corrected chi connectivity index (χ0v) is 13.5. The maximum absolute atomic E-state index is 11.9. The second-order valence-corrected chi connectivity index (χ2v) is 9.03. The maximum atomic E-state index is 11.9. The molecule has 1 heterocycles. The molecule has 116 valence electrons. The summed E-state index contributed by atoms with van der Waals surface area (Å²) in [5.41, 5.74) is -0.393. The Morgan fingerprint density at radius 1 is 1.29 bits per heavy atom. The van der Waals surface area contributed by atoms with Gasteiger partial charge in [0.05, 0.1) is 10.9 Å². The van der Waals surface area contributed by atoms with Crippen LogP contribution < -0.4 is 5.32 Å². The maximum Gasteiger partial charge on any atom is 0.261 e. The largest absolute Gasteiger partial charge is 0.390 e. The van der Waals surface area contributed by atoms with Crippen LogP contribution in [0.4, 0.5) is 0 Å². The standard InChI is InChI=1S/C16H24N2O2S/c1-8(2)13-14(19)18-15(21-13)17-12-10-3-9-4-11(12)7-16(20,5-9)6-10/h8-13,20H,3-7H2,1-2H3,(H,17,18,19)/t9?,10?,11?,12-,13?,16-. The third-order valence-corrected chi connectivity index (χ3v) is 7.26. The molecule has 1 amide bonds. The van der Waals surface area contributed by atoms with E-state index in [-0.39, 0.29) is 11.2 Å². The van der Waals surface area contributed by atoms with Crippen molar-refractivity contribution in [1.29, 1.82) is 0 Å². The van der Waals surface area contributed by atoms with Crippen molar-refractivity contribution >= 4 is 22.8 Å². The fourth-order valence-corrected chi connectivity index (χ4v) is 6.22. The van der Waals surface area contributed by atoms with Crippen LogP contribution in [0.25, 0.3) is 0 Å². The number of thioether (sulfide) groups is 1. The van der Waals surface area contributed by atoms with Gasteiger partial charge in [-0.05, 0) is 55.8 Å². The van der Waals surface area contributed by atoms with Crippen molar-refractivity contribution in [3.63, 3.8) is 0 Å². The summed E-state index contributed by atoms with van der Waals surface area (Å²) >= 11 is 1.60. The van der Waals surface area contributed by atoms with E-state index in [4.69, 9.17) is 0 Å². The van der Waals surface area contributed by atoms with Crippen LogP contribution in [-0.4, -0.2) is 33.1 Å². The van der Waals surface area contributed by atoms with Gasteiger partial charge in [0.25, 0.3) is 5.91 Å². The summed E-state index contributed by atoms with van der Waals surface area (Å²) in [6.07, 6.45) is 5.33. The molecular formula is C16H24N2O2S. The first-order valence-electron chi connectivity index (χ1n) is 8.22. The molecule has 0 spiro atoms. The average Bonchev–Trinajstić information content (AvgIpc) is 2.73. The summed E-state index contributed by atoms with van der Waals surface area (Å²) in [5, 5.41) is 15.0. The molecule has 5 aliphatic rings. The monoisotopic (exact) mass is 308 g/mol. The lowest BCUT2D eigenvalue weighted by molar-refractivity contribution is -0.135. The summed E-state index contributed by atoms with van der Waals surface area (Å²) in [4.78, 5) is 16.2. The van der Waals surface area contributed by atoms with Crippen molar-refractivity contribution in [3.05, 3.63) is 0 Å². The highest BCUT2D eigenvalue weighted by Crippen LogP contribution is 2.55. The van der Waals surface area contributed by atoms with Crippen molar-refractivity contribution in [3.8, 4) is 0 Å². The van der Waals surface area contributed by atoms with E-state index in [1.54, 1.807) is 11.8 Å². The fourth-order valence-electron chi connectivity index (χ4n) is 5.21. The van der Waals surface area contributed by atoms with Gasteiger partial charge in [0, 0.05) is 6.04 Å². The van der Waals surface area contributed by atoms with Gasteiger partial charge < -0.3 is 10.4 Å². The minimum absolute atomic E-state index is 0.0138. The number of rotatable bonds is 2. The topological polar surface area (TPSA) is 61.7 Å². The number of nitrogens with one attached hydrogen (secondary N) is 1. The van der Waals surface area contributed by atoms with Crippen molar-refractivity contribution in [2.45, 2.75) is 62.8 Å². The number of carbonyl (C=O) groups excluding carboxylic acids is 1. The van der Waals surface area contributed by atoms with E-state index in [2.05, 4.69) is 24.2 Å². The Kier molecular flexibility index (Phi) is 3.16. The Bertz CT molecular complexity index is 489. The van der Waals surface area contributed by atoms with Gasteiger partial charge in [-0.25, -0.2) is 0 Å². The van der Waals surface area contributed by atoms with Crippen molar-refractivity contribution in [2.75, 3.05) is 0 Å². The smallest absolute Gasteiger partial charge is 0.261 e.